The predicted molar refractivity (Wildman–Crippen MR) is 119 cm³/mol. The van der Waals surface area contributed by atoms with Gasteiger partial charge in [-0.05, 0) is 60.2 Å². The number of nitrogens with zero attached hydrogens (tertiary/aromatic N) is 2. The second-order valence-electron chi connectivity index (χ2n) is 5.76. The Balaban J connectivity index is 1.58. The van der Waals surface area contributed by atoms with Crippen LogP contribution in [0, 0.1) is 0 Å². The molecule has 7 nitrogen and oxygen atoms in total. The number of rotatable bonds is 6. The van der Waals surface area contributed by atoms with Gasteiger partial charge in [-0.2, -0.15) is 0 Å². The van der Waals surface area contributed by atoms with E-state index < -0.39 is 10.0 Å². The van der Waals surface area contributed by atoms with Crippen LogP contribution in [0.1, 0.15) is 5.56 Å². The Kier molecular flexibility index (Phi) is 6.86. The van der Waals surface area contributed by atoms with E-state index in [-0.39, 0.29) is 10.8 Å². The minimum absolute atomic E-state index is 0.00221. The fourth-order valence-corrected chi connectivity index (χ4v) is 3.72. The summed E-state index contributed by atoms with van der Waals surface area (Å²) in [7, 11) is -3.79. The van der Waals surface area contributed by atoms with E-state index in [0.29, 0.717) is 27.4 Å². The summed E-state index contributed by atoms with van der Waals surface area (Å²) in [4.78, 5) is 7.77. The molecule has 0 amide bonds. The minimum atomic E-state index is -3.79. The Bertz CT molecular complexity index is 1110. The average Bonchev–Trinajstić information content (AvgIpc) is 2.70. The summed E-state index contributed by atoms with van der Waals surface area (Å²) in [5, 5.41) is 7.36. The number of anilines is 2. The van der Waals surface area contributed by atoms with E-state index in [4.69, 9.17) is 35.4 Å². The number of halogens is 2. The van der Waals surface area contributed by atoms with Gasteiger partial charge in [0.2, 0.25) is 5.95 Å². The molecule has 0 aliphatic carbocycles. The predicted octanol–water partition coefficient (Wildman–Crippen LogP) is 4.07. The Morgan fingerprint density at radius 2 is 1.69 bits per heavy atom. The number of hydrogen-bond acceptors (Lipinski definition) is 5. The highest BCUT2D eigenvalue weighted by Crippen LogP contribution is 2.22. The zero-order valence-electron chi connectivity index (χ0n) is 14.8. The maximum absolute atomic E-state index is 12.4. The summed E-state index contributed by atoms with van der Waals surface area (Å²) in [5.74, 6) is 0.00221. The van der Waals surface area contributed by atoms with Gasteiger partial charge in [0.05, 0.1) is 14.9 Å². The molecule has 0 unspecified atom stereocenters. The molecule has 0 saturated heterocycles. The Hall–Kier alpha value is -2.46. The molecular weight excluding hydrogens is 453 g/mol. The maximum Gasteiger partial charge on any atom is 0.264 e. The van der Waals surface area contributed by atoms with Crippen molar-refractivity contribution in [3.8, 4) is 0 Å². The van der Waals surface area contributed by atoms with Gasteiger partial charge in [0.25, 0.3) is 10.0 Å². The van der Waals surface area contributed by atoms with Crippen LogP contribution in [0.3, 0.4) is 0 Å². The lowest BCUT2D eigenvalue weighted by atomic mass is 10.2. The lowest BCUT2D eigenvalue weighted by molar-refractivity contribution is 0.601. The largest absolute Gasteiger partial charge is 0.358 e. The van der Waals surface area contributed by atoms with Crippen LogP contribution < -0.4 is 15.4 Å². The van der Waals surface area contributed by atoms with Crippen LogP contribution in [0.15, 0.2) is 65.8 Å². The van der Waals surface area contributed by atoms with Gasteiger partial charge in [0.1, 0.15) is 0 Å². The summed E-state index contributed by atoms with van der Waals surface area (Å²) in [5.41, 5.74) is 1.55. The van der Waals surface area contributed by atoms with Crippen molar-refractivity contribution in [1.82, 2.24) is 15.3 Å². The molecule has 0 saturated carbocycles. The number of sulfonamides is 1. The number of nitrogens with one attached hydrogen (secondary N) is 3. The van der Waals surface area contributed by atoms with Crippen molar-refractivity contribution in [2.24, 2.45) is 0 Å². The van der Waals surface area contributed by atoms with Crippen molar-refractivity contribution in [2.75, 3.05) is 10.0 Å². The van der Waals surface area contributed by atoms with E-state index in [1.54, 1.807) is 30.3 Å². The molecule has 29 heavy (non-hydrogen) atoms. The Morgan fingerprint density at radius 3 is 2.34 bits per heavy atom. The summed E-state index contributed by atoms with van der Waals surface area (Å²) >= 11 is 17.1. The summed E-state index contributed by atoms with van der Waals surface area (Å²) in [6.07, 6.45) is 2.90. The first-order valence-electron chi connectivity index (χ1n) is 8.22. The topological polar surface area (TPSA) is 96.0 Å². The van der Waals surface area contributed by atoms with Crippen LogP contribution >= 0.6 is 35.4 Å². The highest BCUT2D eigenvalue weighted by atomic mass is 35.5. The molecule has 3 aromatic rings. The standard InChI is InChI=1S/C18H15Cl2N5O2S2/c19-15-7-2-12(10-16(15)20)11-23-18(28)24-13-3-5-14(6-4-13)29(26,27)25-17-21-8-1-9-22-17/h1-10H,11H2,(H,21,22,25)(H2,23,24,28). The lowest BCUT2D eigenvalue weighted by Gasteiger charge is -2.12. The number of thiocarbonyl (C=S) groups is 1. The number of aromatic nitrogens is 2. The van der Waals surface area contributed by atoms with E-state index >= 15 is 0 Å². The molecule has 3 N–H and O–H groups in total. The van der Waals surface area contributed by atoms with Crippen molar-refractivity contribution in [3.63, 3.8) is 0 Å². The second-order valence-corrected chi connectivity index (χ2v) is 8.66. The highest BCUT2D eigenvalue weighted by Gasteiger charge is 2.15. The third-order valence-corrected chi connectivity index (χ3v) is 5.98. The van der Waals surface area contributed by atoms with Gasteiger partial charge in [0.15, 0.2) is 5.11 Å². The third-order valence-electron chi connectivity index (χ3n) is 3.65. The molecule has 0 fully saturated rings. The number of hydrogen-bond donors (Lipinski definition) is 3. The van der Waals surface area contributed by atoms with Crippen LogP contribution in [0.5, 0.6) is 0 Å². The van der Waals surface area contributed by atoms with Crippen molar-refractivity contribution in [3.05, 3.63) is 76.5 Å². The zero-order valence-corrected chi connectivity index (χ0v) is 17.9. The van der Waals surface area contributed by atoms with Crippen LogP contribution in [0.25, 0.3) is 0 Å². The fraction of sp³-hybridized carbons (Fsp3) is 0.0556. The molecule has 1 aromatic heterocycles. The van der Waals surface area contributed by atoms with E-state index in [1.807, 2.05) is 6.07 Å². The zero-order chi connectivity index (χ0) is 20.9. The monoisotopic (exact) mass is 467 g/mol. The van der Waals surface area contributed by atoms with Gasteiger partial charge in [0, 0.05) is 24.6 Å². The molecule has 0 spiro atoms. The second kappa shape index (κ2) is 9.36. The van der Waals surface area contributed by atoms with E-state index in [2.05, 4.69) is 25.3 Å². The molecular formula is C18H15Cl2N5O2S2. The normalized spacial score (nSPS) is 11.0. The van der Waals surface area contributed by atoms with Crippen molar-refractivity contribution >= 4 is 62.2 Å². The van der Waals surface area contributed by atoms with Crippen LogP contribution in [0.4, 0.5) is 11.6 Å². The van der Waals surface area contributed by atoms with Crippen molar-refractivity contribution < 1.29 is 8.42 Å². The minimum Gasteiger partial charge on any atom is -0.358 e. The molecule has 150 valence electrons. The molecule has 1 heterocycles. The summed E-state index contributed by atoms with van der Waals surface area (Å²) in [6, 6.07) is 13.0. The quantitative estimate of drug-likeness (QED) is 0.470. The molecule has 11 heteroatoms. The summed E-state index contributed by atoms with van der Waals surface area (Å²) in [6.45, 7) is 0.455. The smallest absolute Gasteiger partial charge is 0.264 e. The molecule has 0 atom stereocenters. The fourth-order valence-electron chi connectivity index (χ4n) is 2.26. The first-order valence-corrected chi connectivity index (χ1v) is 10.9. The molecule has 0 radical (unpaired) electrons. The van der Waals surface area contributed by atoms with Gasteiger partial charge >= 0.3 is 0 Å². The molecule has 0 bridgehead atoms. The third kappa shape index (κ3) is 6.01. The van der Waals surface area contributed by atoms with E-state index in [1.165, 1.54) is 24.5 Å². The first-order chi connectivity index (χ1) is 13.8. The van der Waals surface area contributed by atoms with E-state index in [0.717, 1.165) is 5.56 Å². The Labute approximate surface area is 183 Å². The maximum atomic E-state index is 12.4. The number of benzene rings is 2. The van der Waals surface area contributed by atoms with E-state index in [9.17, 15) is 8.42 Å². The highest BCUT2D eigenvalue weighted by molar-refractivity contribution is 7.92. The Morgan fingerprint density at radius 1 is 1.00 bits per heavy atom. The molecule has 0 aliphatic heterocycles. The average molecular weight is 468 g/mol. The van der Waals surface area contributed by atoms with Crippen LogP contribution in [-0.4, -0.2) is 23.5 Å². The molecule has 3 rings (SSSR count). The molecule has 2 aromatic carbocycles. The van der Waals surface area contributed by atoms with Gasteiger partial charge in [-0.15, -0.1) is 0 Å². The lowest BCUT2D eigenvalue weighted by Crippen LogP contribution is -2.27. The van der Waals surface area contributed by atoms with Gasteiger partial charge in [-0.3, -0.25) is 0 Å². The van der Waals surface area contributed by atoms with Crippen molar-refractivity contribution in [1.29, 1.82) is 0 Å². The van der Waals surface area contributed by atoms with Crippen LogP contribution in [-0.2, 0) is 16.6 Å². The van der Waals surface area contributed by atoms with Crippen LogP contribution in [0.2, 0.25) is 10.0 Å². The molecule has 0 aliphatic rings. The van der Waals surface area contributed by atoms with Crippen molar-refractivity contribution in [2.45, 2.75) is 11.4 Å². The van der Waals surface area contributed by atoms with Gasteiger partial charge in [-0.25, -0.2) is 23.1 Å². The van der Waals surface area contributed by atoms with Gasteiger partial charge < -0.3 is 10.6 Å². The first kappa shape index (κ1) is 21.3. The van der Waals surface area contributed by atoms with Gasteiger partial charge in [-0.1, -0.05) is 29.3 Å². The summed E-state index contributed by atoms with van der Waals surface area (Å²) < 4.78 is 27.1. The SMILES string of the molecule is O=S(=O)(Nc1ncccn1)c1ccc(NC(=S)NCc2ccc(Cl)c(Cl)c2)cc1.